The molecule has 7 heteroatoms. The molecule has 0 spiro atoms. The van der Waals surface area contributed by atoms with Gasteiger partial charge in [0.2, 0.25) is 10.0 Å². The highest BCUT2D eigenvalue weighted by Gasteiger charge is 2.21. The van der Waals surface area contributed by atoms with Crippen LogP contribution >= 0.6 is 0 Å². The van der Waals surface area contributed by atoms with Crippen LogP contribution in [0.5, 0.6) is 0 Å². The Morgan fingerprint density at radius 3 is 2.46 bits per heavy atom. The van der Waals surface area contributed by atoms with Gasteiger partial charge in [-0.15, -0.1) is 0 Å². The van der Waals surface area contributed by atoms with Crippen LogP contribution in [0.4, 0.5) is 0 Å². The largest absolute Gasteiger partial charge is 0.347 e. The van der Waals surface area contributed by atoms with Gasteiger partial charge in [-0.2, -0.15) is 0 Å². The third kappa shape index (κ3) is 3.68. The molecule has 1 amide bonds. The van der Waals surface area contributed by atoms with Gasteiger partial charge in [0.1, 0.15) is 5.69 Å². The van der Waals surface area contributed by atoms with Crippen molar-refractivity contribution < 1.29 is 13.2 Å². The number of carbonyl (C=O) groups is 1. The summed E-state index contributed by atoms with van der Waals surface area (Å²) in [5.74, 6) is -0.123. The van der Waals surface area contributed by atoms with E-state index in [0.29, 0.717) is 18.3 Å². The van der Waals surface area contributed by atoms with Crippen molar-refractivity contribution in [2.24, 2.45) is 5.14 Å². The maximum Gasteiger partial charge on any atom is 0.268 e. The number of amides is 1. The molecule has 128 valence electrons. The van der Waals surface area contributed by atoms with E-state index in [9.17, 15) is 13.2 Å². The molecule has 0 atom stereocenters. The van der Waals surface area contributed by atoms with Crippen molar-refractivity contribution >= 4 is 15.9 Å². The Labute approximate surface area is 141 Å². The zero-order valence-electron chi connectivity index (χ0n) is 13.3. The molecule has 1 heterocycles. The van der Waals surface area contributed by atoms with E-state index in [4.69, 9.17) is 5.14 Å². The van der Waals surface area contributed by atoms with Gasteiger partial charge in [0.15, 0.2) is 0 Å². The Morgan fingerprint density at radius 1 is 1.17 bits per heavy atom. The van der Waals surface area contributed by atoms with Crippen LogP contribution in [0.2, 0.25) is 0 Å². The Balaban J connectivity index is 1.65. The van der Waals surface area contributed by atoms with Gasteiger partial charge in [-0.1, -0.05) is 25.0 Å². The van der Waals surface area contributed by atoms with E-state index in [1.165, 1.54) is 25.0 Å². The predicted molar refractivity (Wildman–Crippen MR) is 90.9 cm³/mol. The monoisotopic (exact) mass is 347 g/mol. The normalized spacial score (nSPS) is 15.5. The molecule has 1 saturated carbocycles. The van der Waals surface area contributed by atoms with Crippen LogP contribution < -0.4 is 10.5 Å². The number of nitrogens with two attached hydrogens (primary N) is 1. The molecule has 6 nitrogen and oxygen atoms in total. The predicted octanol–water partition coefficient (Wildman–Crippen LogP) is 2.18. The van der Waals surface area contributed by atoms with Gasteiger partial charge in [0, 0.05) is 18.8 Å². The smallest absolute Gasteiger partial charge is 0.268 e. The summed E-state index contributed by atoms with van der Waals surface area (Å²) in [6.07, 6.45) is 6.61. The van der Waals surface area contributed by atoms with E-state index < -0.39 is 10.0 Å². The number of benzene rings is 1. The summed E-state index contributed by atoms with van der Waals surface area (Å²) < 4.78 is 24.5. The Morgan fingerprint density at radius 2 is 1.83 bits per heavy atom. The summed E-state index contributed by atoms with van der Waals surface area (Å²) in [6, 6.07) is 10.3. The van der Waals surface area contributed by atoms with Crippen molar-refractivity contribution in [3.63, 3.8) is 0 Å². The summed E-state index contributed by atoms with van der Waals surface area (Å²) >= 11 is 0. The summed E-state index contributed by atoms with van der Waals surface area (Å²) in [4.78, 5) is 12.5. The number of hydrogen-bond acceptors (Lipinski definition) is 3. The van der Waals surface area contributed by atoms with Crippen molar-refractivity contribution in [1.82, 2.24) is 9.88 Å². The second kappa shape index (κ2) is 6.78. The molecule has 1 aromatic carbocycles. The van der Waals surface area contributed by atoms with Crippen LogP contribution in [-0.4, -0.2) is 18.9 Å². The lowest BCUT2D eigenvalue weighted by Gasteiger charge is -2.16. The minimum absolute atomic E-state index is 0.0627. The van der Waals surface area contributed by atoms with Gasteiger partial charge in [-0.25, -0.2) is 13.6 Å². The Bertz CT molecular complexity index is 819. The van der Waals surface area contributed by atoms with Crippen molar-refractivity contribution in [1.29, 1.82) is 0 Å². The first-order valence-corrected chi connectivity index (χ1v) is 9.56. The van der Waals surface area contributed by atoms with Crippen LogP contribution in [0.15, 0.2) is 47.5 Å². The van der Waals surface area contributed by atoms with Crippen LogP contribution in [0.25, 0.3) is 0 Å². The molecule has 1 aromatic heterocycles. The molecule has 3 rings (SSSR count). The van der Waals surface area contributed by atoms with Crippen molar-refractivity contribution in [2.45, 2.75) is 43.2 Å². The zero-order chi connectivity index (χ0) is 17.2. The van der Waals surface area contributed by atoms with E-state index in [1.54, 1.807) is 12.1 Å². The molecular formula is C17H21N3O3S. The molecule has 0 unspecified atom stereocenters. The van der Waals surface area contributed by atoms with Gasteiger partial charge in [0.25, 0.3) is 5.91 Å². The minimum Gasteiger partial charge on any atom is -0.347 e. The van der Waals surface area contributed by atoms with E-state index in [-0.39, 0.29) is 10.8 Å². The van der Waals surface area contributed by atoms with Crippen LogP contribution in [0.3, 0.4) is 0 Å². The van der Waals surface area contributed by atoms with Gasteiger partial charge in [-0.3, -0.25) is 4.79 Å². The number of hydrogen-bond donors (Lipinski definition) is 2. The maximum absolute atomic E-state index is 12.4. The summed E-state index contributed by atoms with van der Waals surface area (Å²) in [7, 11) is -3.69. The van der Waals surface area contributed by atoms with Crippen molar-refractivity contribution in [2.75, 3.05) is 0 Å². The number of sulfonamides is 1. The molecule has 0 bridgehead atoms. The molecule has 1 aliphatic rings. The summed E-state index contributed by atoms with van der Waals surface area (Å²) in [6.45, 7) is 0.333. The van der Waals surface area contributed by atoms with Crippen molar-refractivity contribution in [3.8, 4) is 0 Å². The lowest BCUT2D eigenvalue weighted by molar-refractivity contribution is 0.0939. The molecule has 0 aliphatic heterocycles. The number of carbonyl (C=O) groups excluding carboxylic acids is 1. The molecular weight excluding hydrogens is 326 g/mol. The first-order valence-electron chi connectivity index (χ1n) is 8.02. The molecule has 2 aromatic rings. The SMILES string of the molecule is NS(=O)(=O)c1ccc(CNC(=O)c2cccn2C2CCCC2)cc1. The second-order valence-electron chi connectivity index (χ2n) is 6.11. The zero-order valence-corrected chi connectivity index (χ0v) is 14.1. The average Bonchev–Trinajstić information content (AvgIpc) is 3.22. The number of primary sulfonamides is 1. The third-order valence-electron chi connectivity index (χ3n) is 4.43. The van der Waals surface area contributed by atoms with Gasteiger partial charge < -0.3 is 9.88 Å². The lowest BCUT2D eigenvalue weighted by Crippen LogP contribution is -2.26. The van der Waals surface area contributed by atoms with Gasteiger partial charge >= 0.3 is 0 Å². The van der Waals surface area contributed by atoms with Crippen molar-refractivity contribution in [3.05, 3.63) is 53.9 Å². The Hall–Kier alpha value is -2.12. The lowest BCUT2D eigenvalue weighted by atomic mass is 10.2. The van der Waals surface area contributed by atoms with Gasteiger partial charge in [0.05, 0.1) is 4.90 Å². The standard InChI is InChI=1S/C17H21N3O3S/c18-24(22,23)15-9-7-13(8-10-15)12-19-17(21)16-6-3-11-20(16)14-4-1-2-5-14/h3,6-11,14H,1-2,4-5,12H2,(H,19,21)(H2,18,22,23). The fraction of sp³-hybridized carbons (Fsp3) is 0.353. The molecule has 1 aliphatic carbocycles. The van der Waals surface area contributed by atoms with Gasteiger partial charge in [-0.05, 0) is 42.7 Å². The quantitative estimate of drug-likeness (QED) is 0.868. The molecule has 0 saturated heterocycles. The number of nitrogens with zero attached hydrogens (tertiary/aromatic N) is 1. The van der Waals surface area contributed by atoms with E-state index in [1.807, 2.05) is 18.3 Å². The molecule has 0 radical (unpaired) electrons. The average molecular weight is 347 g/mol. The topological polar surface area (TPSA) is 94.2 Å². The van der Waals surface area contributed by atoms with Crippen LogP contribution in [0, 0.1) is 0 Å². The second-order valence-corrected chi connectivity index (χ2v) is 7.67. The number of nitrogens with one attached hydrogen (secondary N) is 1. The van der Waals surface area contributed by atoms with E-state index in [0.717, 1.165) is 18.4 Å². The van der Waals surface area contributed by atoms with E-state index in [2.05, 4.69) is 9.88 Å². The number of rotatable bonds is 5. The fourth-order valence-electron chi connectivity index (χ4n) is 3.16. The fourth-order valence-corrected chi connectivity index (χ4v) is 3.67. The van der Waals surface area contributed by atoms with Crippen LogP contribution in [0.1, 0.15) is 47.8 Å². The summed E-state index contributed by atoms with van der Waals surface area (Å²) in [5, 5.41) is 7.95. The molecule has 1 fully saturated rings. The molecule has 24 heavy (non-hydrogen) atoms. The van der Waals surface area contributed by atoms with E-state index >= 15 is 0 Å². The van der Waals surface area contributed by atoms with Crippen LogP contribution in [-0.2, 0) is 16.6 Å². The number of aromatic nitrogens is 1. The highest BCUT2D eigenvalue weighted by molar-refractivity contribution is 7.89. The first-order chi connectivity index (χ1) is 11.4. The molecule has 3 N–H and O–H groups in total. The third-order valence-corrected chi connectivity index (χ3v) is 5.36. The summed E-state index contributed by atoms with van der Waals surface area (Å²) in [5.41, 5.74) is 1.48. The Kier molecular flexibility index (Phi) is 4.73. The highest BCUT2D eigenvalue weighted by atomic mass is 32.2. The maximum atomic E-state index is 12.4. The first kappa shape index (κ1) is 16.7. The minimum atomic E-state index is -3.69. The highest BCUT2D eigenvalue weighted by Crippen LogP contribution is 2.30.